The SMILES string of the molecule is Cc1ccc(NCC(=O)N/N=C\c2cc(Cl)ccc2O)cc1. The van der Waals surface area contributed by atoms with Crippen molar-refractivity contribution in [1.29, 1.82) is 0 Å². The normalized spacial score (nSPS) is 10.6. The van der Waals surface area contributed by atoms with Crippen LogP contribution in [0.25, 0.3) is 0 Å². The highest BCUT2D eigenvalue weighted by molar-refractivity contribution is 6.30. The van der Waals surface area contributed by atoms with Gasteiger partial charge >= 0.3 is 0 Å². The second-order valence-electron chi connectivity index (χ2n) is 4.72. The molecular formula is C16H16ClN3O2. The molecule has 0 aliphatic rings. The maximum Gasteiger partial charge on any atom is 0.259 e. The van der Waals surface area contributed by atoms with Crippen LogP contribution in [-0.2, 0) is 4.79 Å². The lowest BCUT2D eigenvalue weighted by molar-refractivity contribution is -0.119. The highest BCUT2D eigenvalue weighted by Gasteiger charge is 2.01. The predicted molar refractivity (Wildman–Crippen MR) is 88.5 cm³/mol. The average Bonchev–Trinajstić information content (AvgIpc) is 2.50. The van der Waals surface area contributed by atoms with Gasteiger partial charge < -0.3 is 10.4 Å². The number of rotatable bonds is 5. The van der Waals surface area contributed by atoms with Crippen molar-refractivity contribution in [3.63, 3.8) is 0 Å². The van der Waals surface area contributed by atoms with Gasteiger partial charge in [-0.15, -0.1) is 0 Å². The number of hydrogen-bond donors (Lipinski definition) is 3. The van der Waals surface area contributed by atoms with E-state index in [9.17, 15) is 9.90 Å². The first-order chi connectivity index (χ1) is 10.5. The van der Waals surface area contributed by atoms with Crippen LogP contribution < -0.4 is 10.7 Å². The van der Waals surface area contributed by atoms with Gasteiger partial charge in [-0.1, -0.05) is 29.3 Å². The fraction of sp³-hybridized carbons (Fsp3) is 0.125. The van der Waals surface area contributed by atoms with Crippen molar-refractivity contribution in [3.05, 3.63) is 58.6 Å². The number of carbonyl (C=O) groups is 1. The summed E-state index contributed by atoms with van der Waals surface area (Å²) in [4.78, 5) is 11.6. The molecule has 0 bridgehead atoms. The van der Waals surface area contributed by atoms with Gasteiger partial charge in [-0.25, -0.2) is 5.43 Å². The molecule has 0 atom stereocenters. The van der Waals surface area contributed by atoms with Gasteiger partial charge in [0, 0.05) is 16.3 Å². The predicted octanol–water partition coefficient (Wildman–Crippen LogP) is 2.92. The summed E-state index contributed by atoms with van der Waals surface area (Å²) in [5.41, 5.74) is 4.82. The second kappa shape index (κ2) is 7.47. The van der Waals surface area contributed by atoms with Crippen LogP contribution in [0.5, 0.6) is 5.75 Å². The van der Waals surface area contributed by atoms with Gasteiger partial charge in [-0.3, -0.25) is 4.79 Å². The van der Waals surface area contributed by atoms with Gasteiger partial charge in [0.1, 0.15) is 5.75 Å². The Morgan fingerprint density at radius 1 is 1.27 bits per heavy atom. The van der Waals surface area contributed by atoms with E-state index in [2.05, 4.69) is 15.8 Å². The third-order valence-corrected chi connectivity index (χ3v) is 3.12. The molecule has 0 spiro atoms. The number of amides is 1. The van der Waals surface area contributed by atoms with Crippen LogP contribution in [0.15, 0.2) is 47.6 Å². The highest BCUT2D eigenvalue weighted by Crippen LogP contribution is 2.19. The molecule has 0 saturated heterocycles. The summed E-state index contributed by atoms with van der Waals surface area (Å²) in [5.74, 6) is -0.251. The van der Waals surface area contributed by atoms with Crippen molar-refractivity contribution in [2.45, 2.75) is 6.92 Å². The molecule has 22 heavy (non-hydrogen) atoms. The Kier molecular flexibility index (Phi) is 5.38. The van der Waals surface area contributed by atoms with Crippen molar-refractivity contribution in [2.75, 3.05) is 11.9 Å². The molecule has 0 aromatic heterocycles. The first-order valence-corrected chi connectivity index (χ1v) is 7.03. The number of phenols is 1. The lowest BCUT2D eigenvalue weighted by Crippen LogP contribution is -2.25. The Morgan fingerprint density at radius 3 is 2.73 bits per heavy atom. The first-order valence-electron chi connectivity index (χ1n) is 6.65. The topological polar surface area (TPSA) is 73.7 Å². The van der Waals surface area contributed by atoms with Crippen molar-refractivity contribution in [2.24, 2.45) is 5.10 Å². The molecule has 3 N–H and O–H groups in total. The number of aromatic hydroxyl groups is 1. The molecule has 0 aliphatic carbocycles. The molecule has 0 saturated carbocycles. The Labute approximate surface area is 133 Å². The molecule has 2 aromatic carbocycles. The molecule has 114 valence electrons. The van der Waals surface area contributed by atoms with E-state index in [1.807, 2.05) is 31.2 Å². The smallest absolute Gasteiger partial charge is 0.259 e. The number of hydrogen-bond acceptors (Lipinski definition) is 4. The molecule has 2 aromatic rings. The molecule has 0 fully saturated rings. The van der Waals surface area contributed by atoms with Crippen molar-refractivity contribution >= 4 is 29.4 Å². The lowest BCUT2D eigenvalue weighted by Gasteiger charge is -2.05. The van der Waals surface area contributed by atoms with Crippen LogP contribution in [0.3, 0.4) is 0 Å². The maximum atomic E-state index is 11.6. The van der Waals surface area contributed by atoms with E-state index in [-0.39, 0.29) is 18.2 Å². The van der Waals surface area contributed by atoms with Crippen LogP contribution in [0.2, 0.25) is 5.02 Å². The number of aryl methyl sites for hydroxylation is 1. The van der Waals surface area contributed by atoms with Crippen molar-refractivity contribution < 1.29 is 9.90 Å². The summed E-state index contributed by atoms with van der Waals surface area (Å²) in [6, 6.07) is 12.3. The van der Waals surface area contributed by atoms with E-state index in [1.54, 1.807) is 12.1 Å². The number of nitrogens with zero attached hydrogens (tertiary/aromatic N) is 1. The van der Waals surface area contributed by atoms with Gasteiger partial charge in [0.15, 0.2) is 0 Å². The average molecular weight is 318 g/mol. The van der Waals surface area contributed by atoms with Gasteiger partial charge in [0.25, 0.3) is 5.91 Å². The summed E-state index contributed by atoms with van der Waals surface area (Å²) in [6.07, 6.45) is 1.34. The summed E-state index contributed by atoms with van der Waals surface area (Å²) >= 11 is 5.82. The van der Waals surface area contributed by atoms with Crippen LogP contribution in [0, 0.1) is 6.92 Å². The molecule has 0 unspecified atom stereocenters. The summed E-state index contributed by atoms with van der Waals surface area (Å²) in [6.45, 7) is 2.10. The van der Waals surface area contributed by atoms with E-state index in [1.165, 1.54) is 12.3 Å². The van der Waals surface area contributed by atoms with Crippen LogP contribution >= 0.6 is 11.6 Å². The molecule has 2 rings (SSSR count). The van der Waals surface area contributed by atoms with E-state index in [0.29, 0.717) is 10.6 Å². The summed E-state index contributed by atoms with van der Waals surface area (Å²) in [7, 11) is 0. The number of hydrazone groups is 1. The fourth-order valence-electron chi connectivity index (χ4n) is 1.70. The molecule has 1 amide bonds. The van der Waals surface area contributed by atoms with Gasteiger partial charge in [-0.2, -0.15) is 5.10 Å². The largest absolute Gasteiger partial charge is 0.507 e. The standard InChI is InChI=1S/C16H16ClN3O2/c1-11-2-5-14(6-3-11)18-10-16(22)20-19-9-12-8-13(17)4-7-15(12)21/h2-9,18,21H,10H2,1H3,(H,20,22)/b19-9-. The van der Waals surface area contributed by atoms with E-state index >= 15 is 0 Å². The lowest BCUT2D eigenvalue weighted by atomic mass is 10.2. The zero-order chi connectivity index (χ0) is 15.9. The number of halogens is 1. The third kappa shape index (κ3) is 4.79. The maximum absolute atomic E-state index is 11.6. The Hall–Kier alpha value is -2.53. The van der Waals surface area contributed by atoms with Crippen LogP contribution in [0.4, 0.5) is 5.69 Å². The Balaban J connectivity index is 1.83. The molecule has 5 nitrogen and oxygen atoms in total. The van der Waals surface area contributed by atoms with Crippen molar-refractivity contribution in [3.8, 4) is 5.75 Å². The fourth-order valence-corrected chi connectivity index (χ4v) is 1.88. The zero-order valence-electron chi connectivity index (χ0n) is 12.0. The quantitative estimate of drug-likeness (QED) is 0.586. The Morgan fingerprint density at radius 2 is 2.00 bits per heavy atom. The second-order valence-corrected chi connectivity index (χ2v) is 5.15. The molecule has 0 heterocycles. The number of benzene rings is 2. The van der Waals surface area contributed by atoms with Crippen LogP contribution in [0.1, 0.15) is 11.1 Å². The Bertz CT molecular complexity index is 684. The van der Waals surface area contributed by atoms with Gasteiger partial charge in [-0.05, 0) is 37.3 Å². The number of anilines is 1. The number of nitrogens with one attached hydrogen (secondary N) is 2. The highest BCUT2D eigenvalue weighted by atomic mass is 35.5. The minimum absolute atomic E-state index is 0.0418. The minimum Gasteiger partial charge on any atom is -0.507 e. The van der Waals surface area contributed by atoms with E-state index < -0.39 is 0 Å². The molecule has 0 radical (unpaired) electrons. The monoisotopic (exact) mass is 317 g/mol. The number of phenolic OH excluding ortho intramolecular Hbond substituents is 1. The van der Waals surface area contributed by atoms with E-state index in [0.717, 1.165) is 11.3 Å². The third-order valence-electron chi connectivity index (χ3n) is 2.89. The summed E-state index contributed by atoms with van der Waals surface area (Å²) in [5, 5.41) is 16.8. The van der Waals surface area contributed by atoms with Crippen LogP contribution in [-0.4, -0.2) is 23.8 Å². The molecule has 6 heteroatoms. The van der Waals surface area contributed by atoms with Crippen molar-refractivity contribution in [1.82, 2.24) is 5.43 Å². The van der Waals surface area contributed by atoms with E-state index in [4.69, 9.17) is 11.6 Å². The molecular weight excluding hydrogens is 302 g/mol. The minimum atomic E-state index is -0.293. The zero-order valence-corrected chi connectivity index (χ0v) is 12.8. The summed E-state index contributed by atoms with van der Waals surface area (Å²) < 4.78 is 0. The van der Waals surface area contributed by atoms with Gasteiger partial charge in [0.2, 0.25) is 0 Å². The first kappa shape index (κ1) is 15.9. The van der Waals surface area contributed by atoms with Gasteiger partial charge in [0.05, 0.1) is 12.8 Å². The molecule has 0 aliphatic heterocycles. The number of carbonyl (C=O) groups excluding carboxylic acids is 1.